The highest BCUT2D eigenvalue weighted by Gasteiger charge is 2.28. The third kappa shape index (κ3) is 3.61. The molecule has 2 aromatic rings. The molecule has 1 unspecified atom stereocenters. The number of halogens is 2. The fraction of sp³-hybridized carbons (Fsp3) is 0.200. The van der Waals surface area contributed by atoms with Gasteiger partial charge in [-0.15, -0.1) is 11.6 Å². The van der Waals surface area contributed by atoms with Crippen LogP contribution in [-0.4, -0.2) is 16.1 Å². The lowest BCUT2D eigenvalue weighted by Gasteiger charge is -2.22. The van der Waals surface area contributed by atoms with Gasteiger partial charge in [0.25, 0.3) is 0 Å². The first-order chi connectivity index (χ1) is 11.6. The lowest BCUT2D eigenvalue weighted by Crippen LogP contribution is -2.22. The van der Waals surface area contributed by atoms with Crippen LogP contribution in [-0.2, 0) is 11.2 Å². The summed E-state index contributed by atoms with van der Waals surface area (Å²) in [6.07, 6.45) is 7.07. The minimum absolute atomic E-state index is 0.0212. The number of aromatic nitrogens is 1. The summed E-state index contributed by atoms with van der Waals surface area (Å²) in [5, 5.41) is 0.0917. The van der Waals surface area contributed by atoms with Crippen LogP contribution < -0.4 is 0 Å². The molecule has 122 valence electrons. The van der Waals surface area contributed by atoms with E-state index < -0.39 is 5.38 Å². The van der Waals surface area contributed by atoms with Gasteiger partial charge in [0.1, 0.15) is 5.38 Å². The Kier molecular flexibility index (Phi) is 5.17. The minimum atomic E-state index is -0.637. The number of hydrogen-bond acceptors (Lipinski definition) is 2. The molecule has 0 N–H and O–H groups in total. The summed E-state index contributed by atoms with van der Waals surface area (Å²) >= 11 is 12.4. The van der Waals surface area contributed by atoms with E-state index in [1.165, 1.54) is 0 Å². The van der Waals surface area contributed by atoms with Crippen LogP contribution in [0.1, 0.15) is 24.5 Å². The Morgan fingerprint density at radius 1 is 1.12 bits per heavy atom. The smallest absolute Gasteiger partial charge is 0.181 e. The molecule has 1 aliphatic carbocycles. The lowest BCUT2D eigenvalue weighted by atomic mass is 9.86. The van der Waals surface area contributed by atoms with Crippen LogP contribution in [0.25, 0.3) is 5.57 Å². The molecule has 1 aromatic carbocycles. The van der Waals surface area contributed by atoms with Crippen LogP contribution in [0.5, 0.6) is 0 Å². The van der Waals surface area contributed by atoms with Crippen molar-refractivity contribution in [3.8, 4) is 0 Å². The Bertz CT molecular complexity index is 825. The van der Waals surface area contributed by atoms with Gasteiger partial charge >= 0.3 is 0 Å². The van der Waals surface area contributed by atoms with E-state index in [0.717, 1.165) is 45.7 Å². The van der Waals surface area contributed by atoms with Crippen LogP contribution in [0.3, 0.4) is 0 Å². The molecule has 1 atom stereocenters. The Labute approximate surface area is 151 Å². The van der Waals surface area contributed by atoms with Gasteiger partial charge in [0.2, 0.25) is 0 Å². The second-order valence-corrected chi connectivity index (χ2v) is 6.72. The van der Waals surface area contributed by atoms with Crippen molar-refractivity contribution in [2.75, 3.05) is 0 Å². The van der Waals surface area contributed by atoms with E-state index in [9.17, 15) is 4.79 Å². The molecule has 0 bridgehead atoms. The Balaban J connectivity index is 1.88. The van der Waals surface area contributed by atoms with Gasteiger partial charge in [0.05, 0.1) is 0 Å². The molecule has 4 heteroatoms. The lowest BCUT2D eigenvalue weighted by molar-refractivity contribution is -0.114. The third-order valence-corrected chi connectivity index (χ3v) is 4.94. The highest BCUT2D eigenvalue weighted by Crippen LogP contribution is 2.33. The maximum Gasteiger partial charge on any atom is 0.181 e. The number of pyridine rings is 1. The number of carbonyl (C=O) groups is 1. The van der Waals surface area contributed by atoms with E-state index in [2.05, 4.69) is 4.98 Å². The number of Topliss-reactive ketones (excluding diaryl/α,β-unsaturated/α-hetero) is 1. The first kappa shape index (κ1) is 16.9. The molecule has 0 saturated carbocycles. The number of allylic oxidation sites excluding steroid dienone is 4. The monoisotopic (exact) mass is 357 g/mol. The predicted molar refractivity (Wildman–Crippen MR) is 99.3 cm³/mol. The first-order valence-electron chi connectivity index (χ1n) is 7.80. The molecule has 24 heavy (non-hydrogen) atoms. The Morgan fingerprint density at radius 2 is 1.88 bits per heavy atom. The molecule has 2 nitrogen and oxygen atoms in total. The van der Waals surface area contributed by atoms with Gasteiger partial charge in [-0.05, 0) is 71.9 Å². The molecule has 0 radical (unpaired) electrons. The largest absolute Gasteiger partial charge is 0.292 e. The topological polar surface area (TPSA) is 30.0 Å². The summed E-state index contributed by atoms with van der Waals surface area (Å²) in [4.78, 5) is 16.5. The van der Waals surface area contributed by atoms with Crippen molar-refractivity contribution in [2.24, 2.45) is 0 Å². The molecule has 0 amide bonds. The second-order valence-electron chi connectivity index (χ2n) is 5.84. The summed E-state index contributed by atoms with van der Waals surface area (Å²) < 4.78 is 0. The number of rotatable bonds is 4. The third-order valence-electron chi connectivity index (χ3n) is 4.27. The van der Waals surface area contributed by atoms with Gasteiger partial charge in [0, 0.05) is 17.4 Å². The molecule has 3 rings (SSSR count). The van der Waals surface area contributed by atoms with Gasteiger partial charge in [-0.2, -0.15) is 0 Å². The van der Waals surface area contributed by atoms with Gasteiger partial charge in [-0.3, -0.25) is 9.78 Å². The molecular weight excluding hydrogens is 341 g/mol. The van der Waals surface area contributed by atoms with E-state index in [1.807, 2.05) is 49.4 Å². The van der Waals surface area contributed by atoms with Crippen LogP contribution >= 0.6 is 23.2 Å². The van der Waals surface area contributed by atoms with E-state index >= 15 is 0 Å². The van der Waals surface area contributed by atoms with Crippen LogP contribution in [0, 0.1) is 0 Å². The van der Waals surface area contributed by atoms with Gasteiger partial charge in [-0.1, -0.05) is 29.8 Å². The summed E-state index contributed by atoms with van der Waals surface area (Å²) in [6, 6.07) is 11.6. The SMILES string of the molecule is CC1=C(CCc2cccc(Cl)c2)C=C(c2ccncc2)C(Cl)C1=O. The second kappa shape index (κ2) is 7.33. The van der Waals surface area contributed by atoms with Crippen molar-refractivity contribution < 1.29 is 4.79 Å². The summed E-state index contributed by atoms with van der Waals surface area (Å²) in [5.41, 5.74) is 4.71. The van der Waals surface area contributed by atoms with Crippen molar-refractivity contribution in [1.82, 2.24) is 4.98 Å². The average Bonchev–Trinajstić information content (AvgIpc) is 2.60. The molecule has 0 saturated heterocycles. The summed E-state index contributed by atoms with van der Waals surface area (Å²) in [7, 11) is 0. The standard InChI is InChI=1S/C20H17Cl2NO/c1-13-16(6-5-14-3-2-4-17(21)11-14)12-18(19(22)20(13)24)15-7-9-23-10-8-15/h2-4,7-12,19H,5-6H2,1H3. The number of aryl methyl sites for hydroxylation is 1. The number of nitrogens with zero attached hydrogens (tertiary/aromatic N) is 1. The zero-order valence-corrected chi connectivity index (χ0v) is 14.8. The quantitative estimate of drug-likeness (QED) is 0.698. The van der Waals surface area contributed by atoms with Crippen LogP contribution in [0.4, 0.5) is 0 Å². The van der Waals surface area contributed by atoms with Crippen molar-refractivity contribution >= 4 is 34.6 Å². The number of ketones is 1. The van der Waals surface area contributed by atoms with Gasteiger partial charge < -0.3 is 0 Å². The minimum Gasteiger partial charge on any atom is -0.292 e. The van der Waals surface area contributed by atoms with E-state index in [0.29, 0.717) is 0 Å². The average molecular weight is 358 g/mol. The predicted octanol–water partition coefficient (Wildman–Crippen LogP) is 5.26. The maximum absolute atomic E-state index is 12.5. The Morgan fingerprint density at radius 3 is 2.58 bits per heavy atom. The van der Waals surface area contributed by atoms with E-state index in [-0.39, 0.29) is 5.78 Å². The molecular formula is C20H17Cl2NO. The van der Waals surface area contributed by atoms with Crippen molar-refractivity contribution in [1.29, 1.82) is 0 Å². The molecule has 1 heterocycles. The summed E-state index contributed by atoms with van der Waals surface area (Å²) in [5.74, 6) is -0.0212. The molecule has 0 fully saturated rings. The zero-order valence-electron chi connectivity index (χ0n) is 13.3. The Hall–Kier alpha value is -1.90. The fourth-order valence-electron chi connectivity index (χ4n) is 2.86. The van der Waals surface area contributed by atoms with Gasteiger partial charge in [-0.25, -0.2) is 0 Å². The number of hydrogen-bond donors (Lipinski definition) is 0. The van der Waals surface area contributed by atoms with Crippen LogP contribution in [0.2, 0.25) is 5.02 Å². The number of carbonyl (C=O) groups excluding carboxylic acids is 1. The maximum atomic E-state index is 12.5. The fourth-order valence-corrected chi connectivity index (χ4v) is 3.43. The van der Waals surface area contributed by atoms with E-state index in [4.69, 9.17) is 23.2 Å². The molecule has 0 aliphatic heterocycles. The van der Waals surface area contributed by atoms with Crippen molar-refractivity contribution in [3.05, 3.63) is 82.2 Å². The highest BCUT2D eigenvalue weighted by atomic mass is 35.5. The number of alkyl halides is 1. The molecule has 0 spiro atoms. The normalized spacial score (nSPS) is 17.9. The van der Waals surface area contributed by atoms with Gasteiger partial charge in [0.15, 0.2) is 5.78 Å². The van der Waals surface area contributed by atoms with E-state index in [1.54, 1.807) is 12.4 Å². The van der Waals surface area contributed by atoms with Crippen molar-refractivity contribution in [3.63, 3.8) is 0 Å². The first-order valence-corrected chi connectivity index (χ1v) is 8.62. The molecule has 1 aliphatic rings. The zero-order chi connectivity index (χ0) is 17.1. The number of benzene rings is 1. The van der Waals surface area contributed by atoms with Crippen LogP contribution in [0.15, 0.2) is 66.0 Å². The van der Waals surface area contributed by atoms with Crippen molar-refractivity contribution in [2.45, 2.75) is 25.1 Å². The molecule has 1 aromatic heterocycles. The summed E-state index contributed by atoms with van der Waals surface area (Å²) in [6.45, 7) is 1.85. The highest BCUT2D eigenvalue weighted by molar-refractivity contribution is 6.40.